The van der Waals surface area contributed by atoms with Gasteiger partial charge >= 0.3 is 5.97 Å². The van der Waals surface area contributed by atoms with E-state index in [4.69, 9.17) is 13.9 Å². The van der Waals surface area contributed by atoms with Gasteiger partial charge in [-0.25, -0.2) is 0 Å². The molecule has 0 radical (unpaired) electrons. The third kappa shape index (κ3) is 3.45. The van der Waals surface area contributed by atoms with Crippen LogP contribution in [0.15, 0.2) is 47.1 Å². The highest BCUT2D eigenvalue weighted by Crippen LogP contribution is 2.49. The van der Waals surface area contributed by atoms with Crippen LogP contribution in [0, 0.1) is 6.92 Å². The number of benzene rings is 2. The number of Topliss-reactive ketones (excluding diaryl/α,β-unsaturated/α-hetero) is 2. The largest absolute Gasteiger partial charge is 0.497 e. The highest BCUT2D eigenvalue weighted by Gasteiger charge is 2.43. The van der Waals surface area contributed by atoms with Crippen LogP contribution >= 0.6 is 0 Å². The summed E-state index contributed by atoms with van der Waals surface area (Å²) in [7, 11) is 1.59. The number of carbonyl (C=O) groups is 3. The minimum Gasteiger partial charge on any atom is -0.497 e. The van der Waals surface area contributed by atoms with Gasteiger partial charge in [-0.2, -0.15) is 0 Å². The van der Waals surface area contributed by atoms with Gasteiger partial charge in [-0.3, -0.25) is 14.4 Å². The van der Waals surface area contributed by atoms with Crippen LogP contribution in [0.4, 0.5) is 0 Å². The highest BCUT2D eigenvalue weighted by atomic mass is 16.5. The molecular weight excluding hydrogens is 432 g/mol. The molecule has 1 heterocycles. The molecule has 0 saturated heterocycles. The zero-order chi connectivity index (χ0) is 24.2. The highest BCUT2D eigenvalue weighted by molar-refractivity contribution is 6.53. The molecule has 2 aliphatic rings. The number of rotatable bonds is 4. The standard InChI is InChI=1S/C28H26O6/c1-15-14-33-27-18-9-10-19-24(23(18)26(31)25(30)22(15)27)20(11-12-28(19,2)3)34-21(29)13-16-5-7-17(32-4)8-6-16/h5-10,14,20H,11-13H2,1-4H3. The molecule has 0 saturated carbocycles. The van der Waals surface area contributed by atoms with E-state index in [1.165, 1.54) is 6.26 Å². The number of hydrogen-bond donors (Lipinski definition) is 0. The Morgan fingerprint density at radius 1 is 1.06 bits per heavy atom. The molecule has 0 fully saturated rings. The first kappa shape index (κ1) is 22.1. The van der Waals surface area contributed by atoms with Crippen molar-refractivity contribution in [1.82, 2.24) is 0 Å². The summed E-state index contributed by atoms with van der Waals surface area (Å²) in [5.41, 5.74) is 3.98. The Morgan fingerprint density at radius 3 is 2.47 bits per heavy atom. The first-order valence-corrected chi connectivity index (χ1v) is 11.4. The van der Waals surface area contributed by atoms with Crippen LogP contribution in [0.25, 0.3) is 11.3 Å². The summed E-state index contributed by atoms with van der Waals surface area (Å²) < 4.78 is 16.8. The number of esters is 1. The van der Waals surface area contributed by atoms with Crippen LogP contribution in [0.3, 0.4) is 0 Å². The summed E-state index contributed by atoms with van der Waals surface area (Å²) in [6, 6.07) is 11.1. The third-order valence-electron chi connectivity index (χ3n) is 6.99. The van der Waals surface area contributed by atoms with Gasteiger partial charge in [0.1, 0.15) is 17.6 Å². The lowest BCUT2D eigenvalue weighted by atomic mass is 9.68. The number of methoxy groups -OCH3 is 1. The molecule has 1 aromatic heterocycles. The van der Waals surface area contributed by atoms with E-state index in [9.17, 15) is 14.4 Å². The summed E-state index contributed by atoms with van der Waals surface area (Å²) in [4.78, 5) is 39.3. The molecule has 0 bridgehead atoms. The Balaban J connectivity index is 1.55. The van der Waals surface area contributed by atoms with E-state index in [-0.39, 0.29) is 17.8 Å². The molecule has 174 valence electrons. The molecule has 1 unspecified atom stereocenters. The fourth-order valence-corrected chi connectivity index (χ4v) is 5.13. The van der Waals surface area contributed by atoms with Crippen molar-refractivity contribution in [2.45, 2.75) is 51.6 Å². The summed E-state index contributed by atoms with van der Waals surface area (Å²) in [5.74, 6) is -0.413. The Kier molecular flexibility index (Phi) is 5.19. The molecule has 0 amide bonds. The predicted octanol–water partition coefficient (Wildman–Crippen LogP) is 5.54. The van der Waals surface area contributed by atoms with Gasteiger partial charge in [0, 0.05) is 16.7 Å². The van der Waals surface area contributed by atoms with E-state index in [2.05, 4.69) is 13.8 Å². The van der Waals surface area contributed by atoms with Crippen LogP contribution in [0.2, 0.25) is 0 Å². The second-order valence-corrected chi connectivity index (χ2v) is 9.66. The van der Waals surface area contributed by atoms with E-state index in [0.717, 1.165) is 17.5 Å². The van der Waals surface area contributed by atoms with Gasteiger partial charge in [-0.15, -0.1) is 0 Å². The summed E-state index contributed by atoms with van der Waals surface area (Å²) in [6.07, 6.45) is 2.34. The van der Waals surface area contributed by atoms with Crippen LogP contribution in [-0.4, -0.2) is 24.6 Å². The van der Waals surface area contributed by atoms with Crippen LogP contribution in [0.1, 0.15) is 75.8 Å². The number of ether oxygens (including phenoxy) is 2. The fraction of sp³-hybridized carbons (Fsp3) is 0.321. The number of aryl methyl sites for hydroxylation is 1. The van der Waals surface area contributed by atoms with Gasteiger partial charge in [-0.1, -0.05) is 38.1 Å². The van der Waals surface area contributed by atoms with Crippen molar-refractivity contribution in [2.75, 3.05) is 7.11 Å². The molecule has 0 N–H and O–H groups in total. The van der Waals surface area contributed by atoms with E-state index in [0.29, 0.717) is 45.7 Å². The van der Waals surface area contributed by atoms with Gasteiger partial charge < -0.3 is 13.9 Å². The Morgan fingerprint density at radius 2 is 1.76 bits per heavy atom. The van der Waals surface area contributed by atoms with Crippen LogP contribution in [-0.2, 0) is 21.4 Å². The molecule has 0 spiro atoms. The van der Waals surface area contributed by atoms with Crippen LogP contribution < -0.4 is 4.74 Å². The van der Waals surface area contributed by atoms with Gasteiger partial charge in [0.05, 0.1) is 25.4 Å². The first-order valence-electron chi connectivity index (χ1n) is 11.4. The Hall–Kier alpha value is -3.67. The van der Waals surface area contributed by atoms with Crippen molar-refractivity contribution in [2.24, 2.45) is 0 Å². The lowest BCUT2D eigenvalue weighted by molar-refractivity contribution is -0.149. The zero-order valence-corrected chi connectivity index (χ0v) is 19.7. The summed E-state index contributed by atoms with van der Waals surface area (Å²) in [5, 5.41) is 0. The molecule has 0 aliphatic heterocycles. The molecule has 2 aromatic carbocycles. The van der Waals surface area contributed by atoms with E-state index in [1.54, 1.807) is 26.2 Å². The molecule has 5 rings (SSSR count). The lowest BCUT2D eigenvalue weighted by Crippen LogP contribution is -2.33. The predicted molar refractivity (Wildman–Crippen MR) is 125 cm³/mol. The summed E-state index contributed by atoms with van der Waals surface area (Å²) in [6.45, 7) is 5.96. The van der Waals surface area contributed by atoms with E-state index >= 15 is 0 Å². The lowest BCUT2D eigenvalue weighted by Gasteiger charge is -2.38. The first-order chi connectivity index (χ1) is 16.2. The number of hydrogen-bond acceptors (Lipinski definition) is 6. The Labute approximate surface area is 197 Å². The zero-order valence-electron chi connectivity index (χ0n) is 19.7. The normalized spacial score (nSPS) is 18.1. The average Bonchev–Trinajstić information content (AvgIpc) is 3.21. The minimum atomic E-state index is -0.613. The molecule has 6 nitrogen and oxygen atoms in total. The number of fused-ring (bicyclic) bond motifs is 5. The van der Waals surface area contributed by atoms with Crippen LogP contribution in [0.5, 0.6) is 5.75 Å². The van der Waals surface area contributed by atoms with E-state index in [1.807, 2.05) is 24.3 Å². The number of ketones is 2. The molecule has 34 heavy (non-hydrogen) atoms. The van der Waals surface area contributed by atoms with Gasteiger partial charge in [0.2, 0.25) is 11.6 Å². The molecule has 3 aromatic rings. The minimum absolute atomic E-state index is 0.0998. The van der Waals surface area contributed by atoms with E-state index < -0.39 is 17.7 Å². The van der Waals surface area contributed by atoms with Crippen molar-refractivity contribution < 1.29 is 28.3 Å². The topological polar surface area (TPSA) is 82.8 Å². The maximum Gasteiger partial charge on any atom is 0.310 e. The van der Waals surface area contributed by atoms with Gasteiger partial charge in [0.15, 0.2) is 0 Å². The molecule has 1 atom stereocenters. The second kappa shape index (κ2) is 7.97. The van der Waals surface area contributed by atoms with Crippen molar-refractivity contribution in [1.29, 1.82) is 0 Å². The Bertz CT molecular complexity index is 1330. The quantitative estimate of drug-likeness (QED) is 0.377. The average molecular weight is 459 g/mol. The molecular formula is C28H26O6. The number of carbonyl (C=O) groups excluding carboxylic acids is 3. The maximum absolute atomic E-state index is 13.4. The fourth-order valence-electron chi connectivity index (χ4n) is 5.13. The molecule has 2 aliphatic carbocycles. The maximum atomic E-state index is 13.4. The van der Waals surface area contributed by atoms with Gasteiger partial charge in [-0.05, 0) is 54.0 Å². The SMILES string of the molecule is COc1ccc(CC(=O)OC2CCC(C)(C)c3ccc4c(c32)C(=O)C(=O)c2c(C)coc2-4)cc1. The third-order valence-corrected chi connectivity index (χ3v) is 6.99. The smallest absolute Gasteiger partial charge is 0.310 e. The molecule has 6 heteroatoms. The summed E-state index contributed by atoms with van der Waals surface area (Å²) >= 11 is 0. The van der Waals surface area contributed by atoms with Crippen molar-refractivity contribution in [3.8, 4) is 17.1 Å². The second-order valence-electron chi connectivity index (χ2n) is 9.66. The van der Waals surface area contributed by atoms with Crippen molar-refractivity contribution in [3.63, 3.8) is 0 Å². The van der Waals surface area contributed by atoms with Crippen molar-refractivity contribution >= 4 is 17.5 Å². The monoisotopic (exact) mass is 458 g/mol. The van der Waals surface area contributed by atoms with Gasteiger partial charge in [0.25, 0.3) is 0 Å². The number of furan rings is 1. The van der Waals surface area contributed by atoms with Crippen molar-refractivity contribution in [3.05, 3.63) is 76.0 Å².